The first kappa shape index (κ1) is 16.0. The molecule has 0 heterocycles. The standard InChI is InChI=1S/C18H27NO2/c1-18(2,17(20)21)12-16(19)15-10-8-14(9-11-15)13-6-4-3-5-7-13/h8-11,13,16H,3-7,12,19H2,1-2H3,(H,20,21). The summed E-state index contributed by atoms with van der Waals surface area (Å²) in [4.78, 5) is 11.2. The number of hydrogen-bond donors (Lipinski definition) is 2. The smallest absolute Gasteiger partial charge is 0.309 e. The van der Waals surface area contributed by atoms with E-state index in [2.05, 4.69) is 24.3 Å². The number of rotatable bonds is 5. The van der Waals surface area contributed by atoms with Crippen LogP contribution in [0.4, 0.5) is 0 Å². The fourth-order valence-electron chi connectivity index (χ4n) is 3.21. The van der Waals surface area contributed by atoms with Crippen molar-refractivity contribution in [3.8, 4) is 0 Å². The van der Waals surface area contributed by atoms with Gasteiger partial charge in [0.1, 0.15) is 0 Å². The molecule has 1 aromatic carbocycles. The van der Waals surface area contributed by atoms with Crippen LogP contribution in [0.1, 0.15) is 75.5 Å². The van der Waals surface area contributed by atoms with Gasteiger partial charge >= 0.3 is 5.97 Å². The van der Waals surface area contributed by atoms with Gasteiger partial charge in [-0.2, -0.15) is 0 Å². The SMILES string of the molecule is CC(C)(CC(N)c1ccc(C2CCCCC2)cc1)C(=O)O. The summed E-state index contributed by atoms with van der Waals surface area (Å²) in [7, 11) is 0. The Balaban J connectivity index is 2.02. The van der Waals surface area contributed by atoms with Gasteiger partial charge in [0.2, 0.25) is 0 Å². The summed E-state index contributed by atoms with van der Waals surface area (Å²) in [6.07, 6.45) is 7.06. The van der Waals surface area contributed by atoms with Gasteiger partial charge in [0.15, 0.2) is 0 Å². The van der Waals surface area contributed by atoms with Crippen molar-refractivity contribution in [2.75, 3.05) is 0 Å². The predicted molar refractivity (Wildman–Crippen MR) is 85.2 cm³/mol. The van der Waals surface area contributed by atoms with E-state index in [1.54, 1.807) is 13.8 Å². The van der Waals surface area contributed by atoms with E-state index in [0.29, 0.717) is 12.3 Å². The average molecular weight is 289 g/mol. The minimum Gasteiger partial charge on any atom is -0.481 e. The quantitative estimate of drug-likeness (QED) is 0.852. The van der Waals surface area contributed by atoms with E-state index in [9.17, 15) is 9.90 Å². The second-order valence-electron chi connectivity index (χ2n) is 7.00. The number of carboxylic acids is 1. The van der Waals surface area contributed by atoms with Crippen molar-refractivity contribution >= 4 is 5.97 Å². The molecule has 0 spiro atoms. The maximum Gasteiger partial charge on any atom is 0.309 e. The van der Waals surface area contributed by atoms with Crippen molar-refractivity contribution in [2.24, 2.45) is 11.1 Å². The number of benzene rings is 1. The largest absolute Gasteiger partial charge is 0.481 e. The minimum atomic E-state index is -0.795. The lowest BCUT2D eigenvalue weighted by atomic mass is 9.82. The molecule has 1 aromatic rings. The number of nitrogens with two attached hydrogens (primary N) is 1. The fraction of sp³-hybridized carbons (Fsp3) is 0.611. The van der Waals surface area contributed by atoms with Gasteiger partial charge in [0, 0.05) is 6.04 Å². The van der Waals surface area contributed by atoms with E-state index in [1.807, 2.05) is 0 Å². The third-order valence-electron chi connectivity index (χ3n) is 4.75. The molecule has 1 fully saturated rings. The molecule has 3 N–H and O–H groups in total. The highest BCUT2D eigenvalue weighted by Crippen LogP contribution is 2.34. The Bertz CT molecular complexity index is 472. The maximum absolute atomic E-state index is 11.2. The van der Waals surface area contributed by atoms with Crippen molar-refractivity contribution in [2.45, 2.75) is 64.3 Å². The summed E-state index contributed by atoms with van der Waals surface area (Å²) in [6, 6.07) is 8.29. The van der Waals surface area contributed by atoms with Crippen LogP contribution >= 0.6 is 0 Å². The summed E-state index contributed by atoms with van der Waals surface area (Å²) in [6.45, 7) is 3.46. The summed E-state index contributed by atoms with van der Waals surface area (Å²) in [5, 5.41) is 9.20. The summed E-state index contributed by atoms with van der Waals surface area (Å²) >= 11 is 0. The van der Waals surface area contributed by atoms with E-state index >= 15 is 0 Å². The van der Waals surface area contributed by atoms with Crippen LogP contribution in [-0.4, -0.2) is 11.1 Å². The van der Waals surface area contributed by atoms with Crippen LogP contribution in [0.15, 0.2) is 24.3 Å². The summed E-state index contributed by atoms with van der Waals surface area (Å²) in [5.74, 6) is -0.101. The molecule has 1 unspecified atom stereocenters. The lowest BCUT2D eigenvalue weighted by Crippen LogP contribution is -2.28. The Morgan fingerprint density at radius 1 is 1.24 bits per heavy atom. The van der Waals surface area contributed by atoms with Crippen LogP contribution in [-0.2, 0) is 4.79 Å². The van der Waals surface area contributed by atoms with E-state index in [1.165, 1.54) is 37.7 Å². The second-order valence-corrected chi connectivity index (χ2v) is 7.00. The van der Waals surface area contributed by atoms with Crippen LogP contribution in [0, 0.1) is 5.41 Å². The van der Waals surface area contributed by atoms with Gasteiger partial charge in [0.05, 0.1) is 5.41 Å². The van der Waals surface area contributed by atoms with Crippen LogP contribution in [0.2, 0.25) is 0 Å². The van der Waals surface area contributed by atoms with E-state index in [0.717, 1.165) is 5.56 Å². The van der Waals surface area contributed by atoms with Gasteiger partial charge in [-0.3, -0.25) is 4.79 Å². The first-order chi connectivity index (χ1) is 9.90. The Kier molecular flexibility index (Phi) is 5.04. The van der Waals surface area contributed by atoms with E-state index in [4.69, 9.17) is 5.73 Å². The van der Waals surface area contributed by atoms with E-state index < -0.39 is 11.4 Å². The Hall–Kier alpha value is -1.35. The second kappa shape index (κ2) is 6.61. The van der Waals surface area contributed by atoms with Crippen molar-refractivity contribution in [3.63, 3.8) is 0 Å². The van der Waals surface area contributed by atoms with Gasteiger partial charge in [0.25, 0.3) is 0 Å². The lowest BCUT2D eigenvalue weighted by Gasteiger charge is -2.25. The molecule has 1 aliphatic rings. The number of aliphatic carboxylic acids is 1. The molecule has 0 bridgehead atoms. The van der Waals surface area contributed by atoms with Gasteiger partial charge in [-0.05, 0) is 50.2 Å². The van der Waals surface area contributed by atoms with E-state index in [-0.39, 0.29) is 6.04 Å². The molecule has 0 aliphatic heterocycles. The molecule has 1 aliphatic carbocycles. The molecule has 21 heavy (non-hydrogen) atoms. The average Bonchev–Trinajstić information content (AvgIpc) is 2.48. The molecule has 0 saturated heterocycles. The van der Waals surface area contributed by atoms with Gasteiger partial charge in [-0.15, -0.1) is 0 Å². The lowest BCUT2D eigenvalue weighted by molar-refractivity contribution is -0.147. The molecule has 0 radical (unpaired) electrons. The molecule has 3 nitrogen and oxygen atoms in total. The van der Waals surface area contributed by atoms with Crippen LogP contribution < -0.4 is 5.73 Å². The van der Waals surface area contributed by atoms with Gasteiger partial charge in [-0.25, -0.2) is 0 Å². The molecule has 1 atom stereocenters. The molecular weight excluding hydrogens is 262 g/mol. The first-order valence-corrected chi connectivity index (χ1v) is 7.99. The topological polar surface area (TPSA) is 63.3 Å². The van der Waals surface area contributed by atoms with Gasteiger partial charge < -0.3 is 10.8 Å². The minimum absolute atomic E-state index is 0.225. The normalized spacial score (nSPS) is 18.4. The Labute approximate surface area is 127 Å². The molecule has 3 heteroatoms. The zero-order valence-electron chi connectivity index (χ0n) is 13.1. The predicted octanol–water partition coefficient (Wildman–Crippen LogP) is 4.24. The molecule has 0 aromatic heterocycles. The molecule has 0 amide bonds. The zero-order valence-corrected chi connectivity index (χ0v) is 13.1. The van der Waals surface area contributed by atoms with Crippen molar-refractivity contribution < 1.29 is 9.90 Å². The third-order valence-corrected chi connectivity index (χ3v) is 4.75. The van der Waals surface area contributed by atoms with Gasteiger partial charge in [-0.1, -0.05) is 43.5 Å². The third kappa shape index (κ3) is 4.07. The zero-order chi connectivity index (χ0) is 15.5. The summed E-state index contributed by atoms with van der Waals surface area (Å²) < 4.78 is 0. The number of carboxylic acid groups (broad SMARTS) is 1. The highest BCUT2D eigenvalue weighted by atomic mass is 16.4. The Morgan fingerprint density at radius 3 is 2.33 bits per heavy atom. The van der Waals surface area contributed by atoms with Crippen LogP contribution in [0.3, 0.4) is 0 Å². The fourth-order valence-corrected chi connectivity index (χ4v) is 3.21. The Morgan fingerprint density at radius 2 is 1.81 bits per heavy atom. The van der Waals surface area contributed by atoms with Crippen LogP contribution in [0.25, 0.3) is 0 Å². The summed E-state index contributed by atoms with van der Waals surface area (Å²) in [5.41, 5.74) is 7.83. The maximum atomic E-state index is 11.2. The number of carbonyl (C=O) groups is 1. The monoisotopic (exact) mass is 289 g/mol. The van der Waals surface area contributed by atoms with Crippen molar-refractivity contribution in [3.05, 3.63) is 35.4 Å². The highest BCUT2D eigenvalue weighted by Gasteiger charge is 2.30. The molecular formula is C18H27NO2. The molecule has 1 saturated carbocycles. The highest BCUT2D eigenvalue weighted by molar-refractivity contribution is 5.73. The number of hydrogen-bond acceptors (Lipinski definition) is 2. The molecule has 2 rings (SSSR count). The first-order valence-electron chi connectivity index (χ1n) is 7.99. The molecule has 116 valence electrons. The van der Waals surface area contributed by atoms with Crippen LogP contribution in [0.5, 0.6) is 0 Å². The van der Waals surface area contributed by atoms with Crippen molar-refractivity contribution in [1.82, 2.24) is 0 Å². The van der Waals surface area contributed by atoms with Crippen molar-refractivity contribution in [1.29, 1.82) is 0 Å².